The Morgan fingerprint density at radius 3 is 2.62 bits per heavy atom. The molecule has 1 aliphatic rings. The molecule has 1 amide bonds. The van der Waals surface area contributed by atoms with Gasteiger partial charge in [-0.3, -0.25) is 4.90 Å². The summed E-state index contributed by atoms with van der Waals surface area (Å²) < 4.78 is 37.2. The van der Waals surface area contributed by atoms with E-state index in [1.165, 1.54) is 56.0 Å². The molecule has 39 heavy (non-hydrogen) atoms. The van der Waals surface area contributed by atoms with E-state index >= 15 is 4.39 Å². The van der Waals surface area contributed by atoms with E-state index in [1.807, 2.05) is 19.1 Å². The van der Waals surface area contributed by atoms with Gasteiger partial charge < -0.3 is 18.9 Å². The first-order valence-corrected chi connectivity index (χ1v) is 12.6. The van der Waals surface area contributed by atoms with E-state index in [2.05, 4.69) is 19.9 Å². The van der Waals surface area contributed by atoms with Crippen molar-refractivity contribution < 1.29 is 28.1 Å². The van der Waals surface area contributed by atoms with Crippen molar-refractivity contribution in [3.05, 3.63) is 53.7 Å². The van der Waals surface area contributed by atoms with Crippen molar-refractivity contribution in [2.24, 2.45) is 0 Å². The number of ether oxygens (including phenoxy) is 4. The zero-order valence-corrected chi connectivity index (χ0v) is 22.1. The van der Waals surface area contributed by atoms with E-state index in [0.717, 1.165) is 15.8 Å². The Bertz CT molecular complexity index is 1750. The number of fused-ring (bicyclic) bond motifs is 4. The molecular formula is C26H21FN6O5S. The molecule has 13 heteroatoms. The maximum atomic E-state index is 15.1. The molecule has 1 atom stereocenters. The minimum atomic E-state index is -1.02. The molecule has 0 saturated heterocycles. The third-order valence-electron chi connectivity index (χ3n) is 6.20. The summed E-state index contributed by atoms with van der Waals surface area (Å²) in [6.45, 7) is 1.96. The minimum Gasteiger partial charge on any atom is -0.480 e. The van der Waals surface area contributed by atoms with Crippen molar-refractivity contribution in [2.75, 3.05) is 26.2 Å². The quantitative estimate of drug-likeness (QED) is 0.306. The number of hydrogen-bond acceptors (Lipinski definition) is 11. The summed E-state index contributed by atoms with van der Waals surface area (Å²) in [6, 6.07) is 5.38. The zero-order valence-electron chi connectivity index (χ0n) is 21.3. The first-order chi connectivity index (χ1) is 18.8. The molecule has 0 bridgehead atoms. The predicted molar refractivity (Wildman–Crippen MR) is 141 cm³/mol. The summed E-state index contributed by atoms with van der Waals surface area (Å²) in [6.07, 6.45) is 2.84. The summed E-state index contributed by atoms with van der Waals surface area (Å²) in [5.41, 5.74) is 4.53. The Morgan fingerprint density at radius 2 is 1.87 bits per heavy atom. The maximum absolute atomic E-state index is 15.1. The standard InChI is InChI=1S/C26H21FN6O5S/c1-12-5-14(21-17(6-12)31-19(35-3)11-28-21)24-32-18-8-16(27)22-15(23(18)39-24)7-20(37-22)38-26(34)33(2)13-9-29-25(36-4)30-10-13/h5-6,8-11,20H,7H2,1-4H3/t20-/m1/s1. The highest BCUT2D eigenvalue weighted by Gasteiger charge is 2.33. The highest BCUT2D eigenvalue weighted by Crippen LogP contribution is 2.43. The van der Waals surface area contributed by atoms with E-state index < -0.39 is 18.2 Å². The van der Waals surface area contributed by atoms with Crippen molar-refractivity contribution in [2.45, 2.75) is 19.6 Å². The van der Waals surface area contributed by atoms with E-state index in [9.17, 15) is 4.79 Å². The van der Waals surface area contributed by atoms with E-state index in [1.54, 1.807) is 6.20 Å². The van der Waals surface area contributed by atoms with Crippen LogP contribution in [0.25, 0.3) is 31.8 Å². The number of hydrogen-bond donors (Lipinski definition) is 0. The lowest BCUT2D eigenvalue weighted by Crippen LogP contribution is -2.33. The van der Waals surface area contributed by atoms with Gasteiger partial charge in [-0.1, -0.05) is 0 Å². The number of carbonyl (C=O) groups excluding carboxylic acids is 1. The molecule has 0 aliphatic carbocycles. The van der Waals surface area contributed by atoms with Crippen LogP contribution in [0.4, 0.5) is 14.9 Å². The van der Waals surface area contributed by atoms with Gasteiger partial charge in [0, 0.05) is 24.2 Å². The lowest BCUT2D eigenvalue weighted by Gasteiger charge is -2.19. The molecule has 0 fully saturated rings. The number of carbonyl (C=O) groups is 1. The van der Waals surface area contributed by atoms with Crippen LogP contribution in [-0.4, -0.2) is 58.6 Å². The molecule has 4 heterocycles. The second kappa shape index (κ2) is 9.58. The molecule has 0 unspecified atom stereocenters. The number of nitrogens with zero attached hydrogens (tertiary/aromatic N) is 6. The molecule has 6 rings (SSSR count). The molecule has 0 saturated carbocycles. The number of halogens is 1. The van der Waals surface area contributed by atoms with Gasteiger partial charge in [0.25, 0.3) is 6.29 Å². The Labute approximate surface area is 225 Å². The number of rotatable bonds is 5. The highest BCUT2D eigenvalue weighted by atomic mass is 32.1. The molecule has 0 radical (unpaired) electrons. The lowest BCUT2D eigenvalue weighted by atomic mass is 10.1. The molecule has 0 N–H and O–H groups in total. The number of anilines is 1. The third-order valence-corrected chi connectivity index (χ3v) is 7.37. The van der Waals surface area contributed by atoms with Crippen LogP contribution in [-0.2, 0) is 11.2 Å². The number of aromatic nitrogens is 5. The number of amides is 1. The van der Waals surface area contributed by atoms with Gasteiger partial charge in [0.2, 0.25) is 5.88 Å². The molecule has 1 aliphatic heterocycles. The van der Waals surface area contributed by atoms with Gasteiger partial charge in [-0.15, -0.1) is 11.3 Å². The van der Waals surface area contributed by atoms with Crippen LogP contribution in [0.5, 0.6) is 17.6 Å². The summed E-state index contributed by atoms with van der Waals surface area (Å²) in [5, 5.41) is 0.658. The van der Waals surface area contributed by atoms with Crippen LogP contribution in [0.1, 0.15) is 11.1 Å². The highest BCUT2D eigenvalue weighted by molar-refractivity contribution is 7.22. The number of aryl methyl sites for hydroxylation is 1. The fraction of sp³-hybridized carbons (Fsp3) is 0.231. The Hall–Kier alpha value is -4.65. The average molecular weight is 549 g/mol. The first kappa shape index (κ1) is 24.7. The van der Waals surface area contributed by atoms with Gasteiger partial charge in [0.05, 0.1) is 66.2 Å². The molecule has 0 spiro atoms. The lowest BCUT2D eigenvalue weighted by molar-refractivity contribution is -0.0144. The average Bonchev–Trinajstić information content (AvgIpc) is 3.56. The Morgan fingerprint density at radius 1 is 1.08 bits per heavy atom. The van der Waals surface area contributed by atoms with Gasteiger partial charge in [-0.2, -0.15) is 0 Å². The van der Waals surface area contributed by atoms with Gasteiger partial charge in [-0.25, -0.2) is 34.1 Å². The van der Waals surface area contributed by atoms with E-state index in [4.69, 9.17) is 23.9 Å². The van der Waals surface area contributed by atoms with Crippen LogP contribution in [0, 0.1) is 12.7 Å². The van der Waals surface area contributed by atoms with E-state index in [0.29, 0.717) is 38.7 Å². The summed E-state index contributed by atoms with van der Waals surface area (Å²) in [4.78, 5) is 35.7. The van der Waals surface area contributed by atoms with Gasteiger partial charge >= 0.3 is 12.1 Å². The molecule has 2 aromatic carbocycles. The third kappa shape index (κ3) is 4.40. The van der Waals surface area contributed by atoms with Crippen LogP contribution in [0.15, 0.2) is 36.8 Å². The molecule has 3 aromatic heterocycles. The fourth-order valence-corrected chi connectivity index (χ4v) is 5.42. The monoisotopic (exact) mass is 548 g/mol. The van der Waals surface area contributed by atoms with Gasteiger partial charge in [0.15, 0.2) is 11.6 Å². The van der Waals surface area contributed by atoms with Gasteiger partial charge in [-0.05, 0) is 24.6 Å². The molecular weight excluding hydrogens is 527 g/mol. The Kier molecular flexibility index (Phi) is 6.06. The van der Waals surface area contributed by atoms with Crippen LogP contribution >= 0.6 is 11.3 Å². The van der Waals surface area contributed by atoms with Crippen molar-refractivity contribution in [1.29, 1.82) is 0 Å². The zero-order chi connectivity index (χ0) is 27.3. The SMILES string of the molecule is COc1cnc2c(-c3nc4cc(F)c5c(c4s3)C[C@@H](OC(=O)N(C)c3cnc(OC)nc3)O5)cc(C)cc2n1. The normalized spacial score (nSPS) is 14.2. The number of methoxy groups -OCH3 is 2. The minimum absolute atomic E-state index is 0.0459. The van der Waals surface area contributed by atoms with Crippen LogP contribution in [0.3, 0.4) is 0 Å². The summed E-state index contributed by atoms with van der Waals surface area (Å²) in [7, 11) is 4.49. The second-order valence-electron chi connectivity index (χ2n) is 8.75. The summed E-state index contributed by atoms with van der Waals surface area (Å²) in [5.74, 6) is -0.126. The predicted octanol–water partition coefficient (Wildman–Crippen LogP) is 4.70. The van der Waals surface area contributed by atoms with Crippen molar-refractivity contribution in [3.8, 4) is 28.2 Å². The topological polar surface area (TPSA) is 122 Å². The largest absolute Gasteiger partial charge is 0.480 e. The van der Waals surface area contributed by atoms with Crippen molar-refractivity contribution in [1.82, 2.24) is 24.9 Å². The van der Waals surface area contributed by atoms with Gasteiger partial charge in [0.1, 0.15) is 5.01 Å². The number of benzene rings is 2. The van der Waals surface area contributed by atoms with Crippen LogP contribution < -0.4 is 19.1 Å². The smallest absolute Gasteiger partial charge is 0.417 e. The number of thiazole rings is 1. The molecule has 11 nitrogen and oxygen atoms in total. The maximum Gasteiger partial charge on any atom is 0.417 e. The van der Waals surface area contributed by atoms with Crippen molar-refractivity contribution >= 4 is 44.4 Å². The van der Waals surface area contributed by atoms with Crippen molar-refractivity contribution in [3.63, 3.8) is 0 Å². The summed E-state index contributed by atoms with van der Waals surface area (Å²) >= 11 is 1.39. The van der Waals surface area contributed by atoms with E-state index in [-0.39, 0.29) is 18.2 Å². The molecule has 198 valence electrons. The molecule has 5 aromatic rings. The van der Waals surface area contributed by atoms with Crippen LogP contribution in [0.2, 0.25) is 0 Å². The first-order valence-electron chi connectivity index (χ1n) is 11.7. The second-order valence-corrected chi connectivity index (χ2v) is 9.75. The Balaban J connectivity index is 1.30. The fourth-order valence-electron chi connectivity index (χ4n) is 4.31.